The summed E-state index contributed by atoms with van der Waals surface area (Å²) < 4.78 is 16.8. The molecule has 0 aromatic rings. The van der Waals surface area contributed by atoms with E-state index in [1.165, 1.54) is 0 Å². The maximum Gasteiger partial charge on any atom is 0.332 e. The van der Waals surface area contributed by atoms with Crippen molar-refractivity contribution < 1.29 is 13.6 Å². The second kappa shape index (κ2) is 16.2. The molecule has 0 aromatic carbocycles. The van der Waals surface area contributed by atoms with Crippen LogP contribution in [0.5, 0.6) is 0 Å². The van der Waals surface area contributed by atoms with Crippen LogP contribution in [-0.4, -0.2) is 39.5 Å². The summed E-state index contributed by atoms with van der Waals surface area (Å²) in [6.45, 7) is 3.98. The summed E-state index contributed by atoms with van der Waals surface area (Å²) in [5.41, 5.74) is 16.3. The first-order chi connectivity index (χ1) is 9.35. The van der Waals surface area contributed by atoms with Crippen molar-refractivity contribution in [1.29, 1.82) is 0 Å². The van der Waals surface area contributed by atoms with Gasteiger partial charge in [-0.15, -0.1) is 0 Å². The van der Waals surface area contributed by atoms with Gasteiger partial charge < -0.3 is 30.8 Å². The van der Waals surface area contributed by atoms with Gasteiger partial charge in [0.05, 0.1) is 19.8 Å². The summed E-state index contributed by atoms with van der Waals surface area (Å²) in [5, 5.41) is 0. The molecule has 0 aliphatic carbocycles. The number of hydrogen-bond donors (Lipinski definition) is 3. The van der Waals surface area contributed by atoms with Gasteiger partial charge in [-0.2, -0.15) is 0 Å². The molecule has 6 N–H and O–H groups in total. The van der Waals surface area contributed by atoms with Crippen molar-refractivity contribution in [2.45, 2.75) is 38.5 Å². The average Bonchev–Trinajstić information content (AvgIpc) is 2.43. The number of unbranched alkanes of at least 4 members (excludes halogenated alkanes) is 3. The van der Waals surface area contributed by atoms with Gasteiger partial charge in [0.25, 0.3) is 0 Å². The third-order valence-corrected chi connectivity index (χ3v) is 3.57. The molecular formula is C12H30N3O3P. The highest BCUT2D eigenvalue weighted by Crippen LogP contribution is 2.40. The highest BCUT2D eigenvalue weighted by Gasteiger charge is 2.11. The quantitative estimate of drug-likeness (QED) is 0.312. The molecule has 0 aromatic heterocycles. The van der Waals surface area contributed by atoms with Crippen molar-refractivity contribution in [3.05, 3.63) is 0 Å². The molecule has 19 heavy (non-hydrogen) atoms. The topological polar surface area (TPSA) is 106 Å². The molecule has 0 saturated heterocycles. The van der Waals surface area contributed by atoms with Gasteiger partial charge >= 0.3 is 8.60 Å². The first-order valence-corrected chi connectivity index (χ1v) is 8.23. The van der Waals surface area contributed by atoms with E-state index in [1.807, 2.05) is 0 Å². The van der Waals surface area contributed by atoms with E-state index < -0.39 is 8.60 Å². The molecule has 0 rings (SSSR count). The minimum absolute atomic E-state index is 0.636. The Labute approximate surface area is 118 Å². The summed E-state index contributed by atoms with van der Waals surface area (Å²) in [6, 6.07) is 0. The molecule has 0 aliphatic rings. The van der Waals surface area contributed by atoms with Gasteiger partial charge in [0.15, 0.2) is 0 Å². The molecule has 0 heterocycles. The fraction of sp³-hybridized carbons (Fsp3) is 1.00. The maximum absolute atomic E-state index is 5.61. The van der Waals surface area contributed by atoms with Crippen molar-refractivity contribution in [3.8, 4) is 0 Å². The molecule has 7 heteroatoms. The van der Waals surface area contributed by atoms with Crippen molar-refractivity contribution >= 4 is 8.60 Å². The van der Waals surface area contributed by atoms with Crippen LogP contribution < -0.4 is 17.2 Å². The van der Waals surface area contributed by atoms with Crippen LogP contribution in [0.1, 0.15) is 38.5 Å². The fourth-order valence-corrected chi connectivity index (χ4v) is 2.33. The van der Waals surface area contributed by atoms with E-state index in [-0.39, 0.29) is 0 Å². The molecule has 0 saturated carbocycles. The van der Waals surface area contributed by atoms with E-state index in [2.05, 4.69) is 0 Å². The van der Waals surface area contributed by atoms with Crippen LogP contribution in [0.3, 0.4) is 0 Å². The second-order valence-corrected chi connectivity index (χ2v) is 5.43. The third kappa shape index (κ3) is 14.4. The van der Waals surface area contributed by atoms with Crippen LogP contribution in [-0.2, 0) is 13.6 Å². The van der Waals surface area contributed by atoms with Crippen molar-refractivity contribution in [1.82, 2.24) is 0 Å². The Kier molecular flexibility index (Phi) is 16.4. The average molecular weight is 295 g/mol. The van der Waals surface area contributed by atoms with Gasteiger partial charge in [0, 0.05) is 0 Å². The zero-order chi connectivity index (χ0) is 14.2. The van der Waals surface area contributed by atoms with Crippen LogP contribution >= 0.6 is 8.60 Å². The highest BCUT2D eigenvalue weighted by atomic mass is 31.2. The summed E-state index contributed by atoms with van der Waals surface area (Å²) in [7, 11) is -1.23. The number of nitrogens with two attached hydrogens (primary N) is 3. The lowest BCUT2D eigenvalue weighted by molar-refractivity contribution is 0.155. The van der Waals surface area contributed by atoms with Gasteiger partial charge in [0.2, 0.25) is 0 Å². The largest absolute Gasteiger partial charge is 0.332 e. The van der Waals surface area contributed by atoms with Crippen LogP contribution in [0, 0.1) is 0 Å². The predicted molar refractivity (Wildman–Crippen MR) is 79.6 cm³/mol. The van der Waals surface area contributed by atoms with E-state index in [0.29, 0.717) is 39.5 Å². The monoisotopic (exact) mass is 295 g/mol. The Morgan fingerprint density at radius 1 is 0.526 bits per heavy atom. The first-order valence-electron chi connectivity index (χ1n) is 7.14. The molecular weight excluding hydrogens is 265 g/mol. The van der Waals surface area contributed by atoms with Gasteiger partial charge in [-0.25, -0.2) is 0 Å². The Balaban J connectivity index is 3.66. The summed E-state index contributed by atoms with van der Waals surface area (Å²) in [5.74, 6) is 0. The predicted octanol–water partition coefficient (Wildman–Crippen LogP) is 1.48. The highest BCUT2D eigenvalue weighted by molar-refractivity contribution is 7.41. The normalized spacial score (nSPS) is 11.4. The van der Waals surface area contributed by atoms with Crippen LogP contribution in [0.25, 0.3) is 0 Å². The fourth-order valence-electron chi connectivity index (χ4n) is 1.27. The Morgan fingerprint density at radius 3 is 1.11 bits per heavy atom. The third-order valence-electron chi connectivity index (χ3n) is 2.39. The van der Waals surface area contributed by atoms with E-state index in [0.717, 1.165) is 38.5 Å². The minimum Gasteiger partial charge on any atom is -0.330 e. The lowest BCUT2D eigenvalue weighted by Crippen LogP contribution is -2.05. The molecule has 0 bridgehead atoms. The van der Waals surface area contributed by atoms with Gasteiger partial charge in [-0.05, 0) is 58.2 Å². The van der Waals surface area contributed by atoms with Gasteiger partial charge in [0.1, 0.15) is 0 Å². The van der Waals surface area contributed by atoms with E-state index in [4.69, 9.17) is 30.8 Å². The molecule has 0 spiro atoms. The minimum atomic E-state index is -1.23. The SMILES string of the molecule is NCCCCOP(OCCCCN)OCCCCN. The second-order valence-electron chi connectivity index (χ2n) is 4.21. The van der Waals surface area contributed by atoms with Crippen LogP contribution in [0.4, 0.5) is 0 Å². The Bertz CT molecular complexity index is 150. The Hall–Kier alpha value is 0.190. The van der Waals surface area contributed by atoms with Crippen LogP contribution in [0.15, 0.2) is 0 Å². The van der Waals surface area contributed by atoms with E-state index >= 15 is 0 Å². The van der Waals surface area contributed by atoms with Crippen molar-refractivity contribution in [2.75, 3.05) is 39.5 Å². The van der Waals surface area contributed by atoms with Crippen LogP contribution in [0.2, 0.25) is 0 Å². The first kappa shape index (κ1) is 19.2. The zero-order valence-corrected chi connectivity index (χ0v) is 12.8. The van der Waals surface area contributed by atoms with E-state index in [9.17, 15) is 0 Å². The number of hydrogen-bond acceptors (Lipinski definition) is 6. The summed E-state index contributed by atoms with van der Waals surface area (Å²) >= 11 is 0. The zero-order valence-electron chi connectivity index (χ0n) is 11.9. The summed E-state index contributed by atoms with van der Waals surface area (Å²) in [4.78, 5) is 0. The maximum atomic E-state index is 5.61. The lowest BCUT2D eigenvalue weighted by atomic mass is 10.3. The molecule has 0 atom stereocenters. The molecule has 0 amide bonds. The Morgan fingerprint density at radius 2 is 0.842 bits per heavy atom. The van der Waals surface area contributed by atoms with Gasteiger partial charge in [-0.1, -0.05) is 0 Å². The number of rotatable bonds is 15. The molecule has 0 unspecified atom stereocenters. The van der Waals surface area contributed by atoms with Crippen molar-refractivity contribution in [3.63, 3.8) is 0 Å². The molecule has 6 nitrogen and oxygen atoms in total. The summed E-state index contributed by atoms with van der Waals surface area (Å²) in [6.07, 6.45) is 5.70. The van der Waals surface area contributed by atoms with Crippen molar-refractivity contribution in [2.24, 2.45) is 17.2 Å². The molecule has 0 radical (unpaired) electrons. The van der Waals surface area contributed by atoms with E-state index in [1.54, 1.807) is 0 Å². The standard InChI is InChI=1S/C12H30N3O3P/c13-7-1-4-10-16-19(17-11-5-2-8-14)18-12-6-3-9-15/h1-15H2. The molecule has 0 aliphatic heterocycles. The smallest absolute Gasteiger partial charge is 0.330 e. The van der Waals surface area contributed by atoms with Gasteiger partial charge in [-0.3, -0.25) is 0 Å². The molecule has 0 fully saturated rings. The lowest BCUT2D eigenvalue weighted by Gasteiger charge is -2.16. The molecule has 116 valence electrons.